The Balaban J connectivity index is 1.78. The Bertz CT molecular complexity index is 261. The molecule has 1 heterocycles. The highest BCUT2D eigenvalue weighted by molar-refractivity contribution is 7.11. The van der Waals surface area contributed by atoms with Gasteiger partial charge in [0.1, 0.15) is 0 Å². The standard InChI is InChI=1S/C11H17NS/c1-9-6-7-11(13-9)8-12-10-4-2-3-5-10/h6-7,10,12H,2-5,8H2,1H3. The van der Waals surface area contributed by atoms with Gasteiger partial charge in [0.25, 0.3) is 0 Å². The summed E-state index contributed by atoms with van der Waals surface area (Å²) < 4.78 is 0. The molecular weight excluding hydrogens is 178 g/mol. The van der Waals surface area contributed by atoms with Crippen LogP contribution in [0.2, 0.25) is 0 Å². The van der Waals surface area contributed by atoms with Gasteiger partial charge in [-0.1, -0.05) is 12.8 Å². The van der Waals surface area contributed by atoms with Crippen LogP contribution in [0.5, 0.6) is 0 Å². The van der Waals surface area contributed by atoms with Crippen molar-refractivity contribution in [1.29, 1.82) is 0 Å². The first-order chi connectivity index (χ1) is 6.34. The van der Waals surface area contributed by atoms with Crippen LogP contribution in [0.1, 0.15) is 35.4 Å². The van der Waals surface area contributed by atoms with Gasteiger partial charge in [0, 0.05) is 22.3 Å². The second-order valence-corrected chi connectivity index (χ2v) is 5.25. The molecule has 0 atom stereocenters. The minimum atomic E-state index is 0.794. The number of nitrogens with one attached hydrogen (secondary N) is 1. The Morgan fingerprint density at radius 1 is 1.38 bits per heavy atom. The van der Waals surface area contributed by atoms with E-state index in [4.69, 9.17) is 0 Å². The molecule has 0 spiro atoms. The normalized spacial score (nSPS) is 18.2. The second-order valence-electron chi connectivity index (χ2n) is 3.87. The van der Waals surface area contributed by atoms with Gasteiger partial charge in [0.2, 0.25) is 0 Å². The molecule has 1 aromatic rings. The van der Waals surface area contributed by atoms with Crippen LogP contribution < -0.4 is 5.32 Å². The van der Waals surface area contributed by atoms with Crippen LogP contribution in [0.15, 0.2) is 12.1 Å². The van der Waals surface area contributed by atoms with E-state index in [2.05, 4.69) is 24.4 Å². The maximum atomic E-state index is 3.62. The van der Waals surface area contributed by atoms with Gasteiger partial charge < -0.3 is 5.32 Å². The van der Waals surface area contributed by atoms with Crippen LogP contribution in [0.25, 0.3) is 0 Å². The summed E-state index contributed by atoms with van der Waals surface area (Å²) in [5.41, 5.74) is 0. The van der Waals surface area contributed by atoms with E-state index >= 15 is 0 Å². The summed E-state index contributed by atoms with van der Waals surface area (Å²) in [7, 11) is 0. The molecule has 1 fully saturated rings. The first-order valence-electron chi connectivity index (χ1n) is 5.13. The summed E-state index contributed by atoms with van der Waals surface area (Å²) >= 11 is 1.91. The summed E-state index contributed by atoms with van der Waals surface area (Å²) in [6.07, 6.45) is 5.59. The maximum Gasteiger partial charge on any atom is 0.0302 e. The molecule has 1 nitrogen and oxygen atoms in total. The van der Waals surface area contributed by atoms with Gasteiger partial charge in [-0.25, -0.2) is 0 Å². The number of hydrogen-bond acceptors (Lipinski definition) is 2. The molecule has 0 aliphatic heterocycles. The molecular formula is C11H17NS. The van der Waals surface area contributed by atoms with Crippen molar-refractivity contribution in [3.8, 4) is 0 Å². The summed E-state index contributed by atoms with van der Waals surface area (Å²) in [6.45, 7) is 3.24. The molecule has 0 unspecified atom stereocenters. The van der Waals surface area contributed by atoms with Crippen molar-refractivity contribution in [2.75, 3.05) is 0 Å². The van der Waals surface area contributed by atoms with Crippen molar-refractivity contribution in [2.45, 2.75) is 45.2 Å². The van der Waals surface area contributed by atoms with E-state index < -0.39 is 0 Å². The fourth-order valence-corrected chi connectivity index (χ4v) is 2.80. The van der Waals surface area contributed by atoms with Crippen molar-refractivity contribution >= 4 is 11.3 Å². The number of rotatable bonds is 3. The van der Waals surface area contributed by atoms with Gasteiger partial charge in [-0.3, -0.25) is 0 Å². The first kappa shape index (κ1) is 9.22. The molecule has 13 heavy (non-hydrogen) atoms. The highest BCUT2D eigenvalue weighted by Crippen LogP contribution is 2.19. The number of thiophene rings is 1. The summed E-state index contributed by atoms with van der Waals surface area (Å²) in [6, 6.07) is 5.24. The molecule has 1 aromatic heterocycles. The smallest absolute Gasteiger partial charge is 0.0302 e. The van der Waals surface area contributed by atoms with Crippen molar-refractivity contribution in [2.24, 2.45) is 0 Å². The van der Waals surface area contributed by atoms with Crippen LogP contribution in [-0.2, 0) is 6.54 Å². The van der Waals surface area contributed by atoms with Gasteiger partial charge in [-0.05, 0) is 31.9 Å². The van der Waals surface area contributed by atoms with Crippen molar-refractivity contribution in [1.82, 2.24) is 5.32 Å². The quantitative estimate of drug-likeness (QED) is 0.781. The highest BCUT2D eigenvalue weighted by atomic mass is 32.1. The third kappa shape index (κ3) is 2.55. The molecule has 1 saturated carbocycles. The molecule has 2 rings (SSSR count). The summed E-state index contributed by atoms with van der Waals surface area (Å²) in [5.74, 6) is 0. The molecule has 0 radical (unpaired) electrons. The van der Waals surface area contributed by atoms with E-state index in [1.807, 2.05) is 11.3 Å². The SMILES string of the molecule is Cc1ccc(CNC2CCCC2)s1. The van der Waals surface area contributed by atoms with E-state index in [0.29, 0.717) is 0 Å². The Kier molecular flexibility index (Phi) is 3.01. The maximum absolute atomic E-state index is 3.62. The van der Waals surface area contributed by atoms with Gasteiger partial charge in [0.05, 0.1) is 0 Å². The predicted octanol–water partition coefficient (Wildman–Crippen LogP) is 3.09. The lowest BCUT2D eigenvalue weighted by Crippen LogP contribution is -2.24. The average molecular weight is 195 g/mol. The summed E-state index contributed by atoms with van der Waals surface area (Å²) in [4.78, 5) is 2.90. The van der Waals surface area contributed by atoms with Gasteiger partial charge in [0.15, 0.2) is 0 Å². The van der Waals surface area contributed by atoms with Crippen LogP contribution in [-0.4, -0.2) is 6.04 Å². The van der Waals surface area contributed by atoms with Gasteiger partial charge in [-0.2, -0.15) is 0 Å². The summed E-state index contributed by atoms with van der Waals surface area (Å²) in [5, 5.41) is 3.62. The molecule has 1 aliphatic rings. The number of hydrogen-bond donors (Lipinski definition) is 1. The molecule has 2 heteroatoms. The topological polar surface area (TPSA) is 12.0 Å². The molecule has 1 aliphatic carbocycles. The second kappa shape index (κ2) is 4.25. The van der Waals surface area contributed by atoms with Crippen LogP contribution in [0.3, 0.4) is 0 Å². The van der Waals surface area contributed by atoms with Crippen molar-refractivity contribution in [3.63, 3.8) is 0 Å². The zero-order valence-corrected chi connectivity index (χ0v) is 8.99. The molecule has 72 valence electrons. The lowest BCUT2D eigenvalue weighted by molar-refractivity contribution is 0.527. The third-order valence-corrected chi connectivity index (χ3v) is 3.72. The lowest BCUT2D eigenvalue weighted by atomic mass is 10.2. The first-order valence-corrected chi connectivity index (χ1v) is 5.95. The Labute approximate surface area is 84.2 Å². The minimum Gasteiger partial charge on any atom is -0.309 e. The number of aryl methyl sites for hydroxylation is 1. The lowest BCUT2D eigenvalue weighted by Gasteiger charge is -2.09. The molecule has 0 aromatic carbocycles. The van der Waals surface area contributed by atoms with Gasteiger partial charge >= 0.3 is 0 Å². The average Bonchev–Trinajstić information content (AvgIpc) is 2.71. The molecule has 0 saturated heterocycles. The van der Waals surface area contributed by atoms with Crippen LogP contribution in [0, 0.1) is 6.92 Å². The fourth-order valence-electron chi connectivity index (χ4n) is 1.95. The largest absolute Gasteiger partial charge is 0.309 e. The third-order valence-electron chi connectivity index (χ3n) is 2.72. The Morgan fingerprint density at radius 2 is 2.15 bits per heavy atom. The van der Waals surface area contributed by atoms with Crippen LogP contribution in [0.4, 0.5) is 0 Å². The Morgan fingerprint density at radius 3 is 2.77 bits per heavy atom. The van der Waals surface area contributed by atoms with E-state index in [1.54, 1.807) is 0 Å². The van der Waals surface area contributed by atoms with Crippen molar-refractivity contribution in [3.05, 3.63) is 21.9 Å². The van der Waals surface area contributed by atoms with Gasteiger partial charge in [-0.15, -0.1) is 11.3 Å². The van der Waals surface area contributed by atoms with E-state index in [9.17, 15) is 0 Å². The molecule has 0 amide bonds. The van der Waals surface area contributed by atoms with Crippen LogP contribution >= 0.6 is 11.3 Å². The predicted molar refractivity (Wildman–Crippen MR) is 58.2 cm³/mol. The van der Waals surface area contributed by atoms with E-state index in [1.165, 1.54) is 35.4 Å². The fraction of sp³-hybridized carbons (Fsp3) is 0.636. The zero-order chi connectivity index (χ0) is 9.10. The van der Waals surface area contributed by atoms with E-state index in [0.717, 1.165) is 12.6 Å². The molecule has 0 bridgehead atoms. The zero-order valence-electron chi connectivity index (χ0n) is 8.18. The molecule has 1 N–H and O–H groups in total. The van der Waals surface area contributed by atoms with E-state index in [-0.39, 0.29) is 0 Å². The highest BCUT2D eigenvalue weighted by Gasteiger charge is 2.13. The monoisotopic (exact) mass is 195 g/mol. The Hall–Kier alpha value is -0.340. The minimum absolute atomic E-state index is 0.794. The van der Waals surface area contributed by atoms with Crippen molar-refractivity contribution < 1.29 is 0 Å².